The van der Waals surface area contributed by atoms with Gasteiger partial charge in [0.25, 0.3) is 11.5 Å². The molecule has 1 amide bonds. The van der Waals surface area contributed by atoms with Gasteiger partial charge in [-0.15, -0.1) is 0 Å². The van der Waals surface area contributed by atoms with Crippen LogP contribution in [0.25, 0.3) is 0 Å². The number of hydrogen-bond acceptors (Lipinski definition) is 4. The number of aryl methyl sites for hydroxylation is 2. The molecule has 0 radical (unpaired) electrons. The van der Waals surface area contributed by atoms with Crippen LogP contribution in [0.3, 0.4) is 0 Å². The van der Waals surface area contributed by atoms with E-state index in [0.29, 0.717) is 12.4 Å². The van der Waals surface area contributed by atoms with Crippen LogP contribution in [0.5, 0.6) is 0 Å². The summed E-state index contributed by atoms with van der Waals surface area (Å²) in [6.45, 7) is 0.614. The summed E-state index contributed by atoms with van der Waals surface area (Å²) in [5.74, 6) is -0.0527. The number of pyridine rings is 1. The lowest BCUT2D eigenvalue weighted by molar-refractivity contribution is 0.102. The predicted octanol–water partition coefficient (Wildman–Crippen LogP) is 0.252. The van der Waals surface area contributed by atoms with Crippen molar-refractivity contribution in [3.05, 3.63) is 46.0 Å². The summed E-state index contributed by atoms with van der Waals surface area (Å²) in [5, 5.41) is 5.27. The van der Waals surface area contributed by atoms with Crippen molar-refractivity contribution >= 4 is 11.7 Å². The van der Waals surface area contributed by atoms with Crippen LogP contribution in [0.4, 0.5) is 5.82 Å². The molecule has 0 saturated carbocycles. The number of carbonyl (C=O) groups excluding carboxylic acids is 1. The van der Waals surface area contributed by atoms with E-state index in [1.54, 1.807) is 19.3 Å². The van der Waals surface area contributed by atoms with Gasteiger partial charge in [-0.25, -0.2) is 4.98 Å². The van der Waals surface area contributed by atoms with E-state index in [4.69, 9.17) is 5.73 Å². The maximum atomic E-state index is 12.0. The zero-order valence-corrected chi connectivity index (χ0v) is 11.2. The summed E-state index contributed by atoms with van der Waals surface area (Å²) < 4.78 is 1.24. The molecule has 0 aromatic carbocycles. The zero-order chi connectivity index (χ0) is 14.5. The van der Waals surface area contributed by atoms with Crippen LogP contribution >= 0.6 is 0 Å². The lowest BCUT2D eigenvalue weighted by Gasteiger charge is -2.05. The Balaban J connectivity index is 2.11. The third kappa shape index (κ3) is 3.12. The van der Waals surface area contributed by atoms with E-state index in [1.165, 1.54) is 10.9 Å². The zero-order valence-electron chi connectivity index (χ0n) is 11.2. The second kappa shape index (κ2) is 6.16. The fourth-order valence-electron chi connectivity index (χ4n) is 1.81. The summed E-state index contributed by atoms with van der Waals surface area (Å²) in [5.41, 5.74) is 6.19. The van der Waals surface area contributed by atoms with E-state index in [9.17, 15) is 9.59 Å². The number of nitrogens with two attached hydrogens (primary N) is 1. The second-order valence-corrected chi connectivity index (χ2v) is 4.45. The van der Waals surface area contributed by atoms with Crippen molar-refractivity contribution < 1.29 is 4.79 Å². The summed E-state index contributed by atoms with van der Waals surface area (Å²) in [6.07, 6.45) is 4.69. The van der Waals surface area contributed by atoms with Crippen molar-refractivity contribution in [3.8, 4) is 0 Å². The van der Waals surface area contributed by atoms with Crippen LogP contribution in [0.1, 0.15) is 22.3 Å². The average molecular weight is 275 g/mol. The van der Waals surface area contributed by atoms with Gasteiger partial charge in [0.2, 0.25) is 0 Å². The monoisotopic (exact) mass is 275 g/mol. The fraction of sp³-hybridized carbons (Fsp3) is 0.308. The number of anilines is 1. The van der Waals surface area contributed by atoms with Crippen molar-refractivity contribution in [1.82, 2.24) is 14.8 Å². The van der Waals surface area contributed by atoms with Gasteiger partial charge in [0, 0.05) is 19.4 Å². The van der Waals surface area contributed by atoms with Crippen LogP contribution in [-0.2, 0) is 13.5 Å². The standard InChI is InChI=1S/C13H17N5O2/c1-18-13(20)10(8-16-18)12(19)17-11-7-9(3-2-5-14)4-6-15-11/h4,6-8,16H,2-3,5,14H2,1H3,(H,15,17,19). The summed E-state index contributed by atoms with van der Waals surface area (Å²) in [6, 6.07) is 3.66. The Kier molecular flexibility index (Phi) is 4.31. The molecule has 2 heterocycles. The van der Waals surface area contributed by atoms with E-state index in [1.807, 2.05) is 6.07 Å². The number of carbonyl (C=O) groups is 1. The minimum absolute atomic E-state index is 0.0571. The summed E-state index contributed by atoms with van der Waals surface area (Å²) in [7, 11) is 1.55. The molecule has 2 aromatic rings. The molecule has 0 fully saturated rings. The Morgan fingerprint density at radius 3 is 3.00 bits per heavy atom. The molecule has 7 heteroatoms. The van der Waals surface area contributed by atoms with Crippen molar-refractivity contribution in [2.45, 2.75) is 12.8 Å². The van der Waals surface area contributed by atoms with E-state index >= 15 is 0 Å². The first kappa shape index (κ1) is 14.0. The highest BCUT2D eigenvalue weighted by molar-refractivity contribution is 6.03. The van der Waals surface area contributed by atoms with Crippen LogP contribution < -0.4 is 16.6 Å². The number of H-pyrrole nitrogens is 1. The first-order chi connectivity index (χ1) is 9.61. The molecular formula is C13H17N5O2. The maximum Gasteiger partial charge on any atom is 0.279 e. The smallest absolute Gasteiger partial charge is 0.279 e. The molecule has 0 aliphatic heterocycles. The quantitative estimate of drug-likeness (QED) is 0.727. The second-order valence-electron chi connectivity index (χ2n) is 4.45. The van der Waals surface area contributed by atoms with Gasteiger partial charge >= 0.3 is 0 Å². The van der Waals surface area contributed by atoms with Crippen LogP contribution in [0.2, 0.25) is 0 Å². The van der Waals surface area contributed by atoms with Crippen LogP contribution in [0, 0.1) is 0 Å². The molecule has 0 aliphatic rings. The molecule has 0 saturated heterocycles. The third-order valence-corrected chi connectivity index (χ3v) is 2.92. The summed E-state index contributed by atoms with van der Waals surface area (Å²) in [4.78, 5) is 27.7. The number of hydrogen-bond donors (Lipinski definition) is 3. The first-order valence-electron chi connectivity index (χ1n) is 6.32. The summed E-state index contributed by atoms with van der Waals surface area (Å²) >= 11 is 0. The fourth-order valence-corrected chi connectivity index (χ4v) is 1.81. The highest BCUT2D eigenvalue weighted by atomic mass is 16.2. The van der Waals surface area contributed by atoms with Gasteiger partial charge in [-0.2, -0.15) is 0 Å². The Bertz CT molecular complexity index is 659. The number of aromatic nitrogens is 3. The highest BCUT2D eigenvalue weighted by Gasteiger charge is 2.13. The molecule has 0 bridgehead atoms. The van der Waals surface area contributed by atoms with E-state index in [0.717, 1.165) is 18.4 Å². The maximum absolute atomic E-state index is 12.0. The topological polar surface area (TPSA) is 106 Å². The van der Waals surface area contributed by atoms with E-state index in [2.05, 4.69) is 15.4 Å². The van der Waals surface area contributed by atoms with Gasteiger partial charge in [-0.3, -0.25) is 14.3 Å². The van der Waals surface area contributed by atoms with Gasteiger partial charge in [0.05, 0.1) is 0 Å². The van der Waals surface area contributed by atoms with Crippen molar-refractivity contribution in [1.29, 1.82) is 0 Å². The first-order valence-corrected chi connectivity index (χ1v) is 6.32. The van der Waals surface area contributed by atoms with Crippen LogP contribution in [-0.4, -0.2) is 27.2 Å². The molecule has 106 valence electrons. The minimum atomic E-state index is -0.477. The van der Waals surface area contributed by atoms with Gasteiger partial charge < -0.3 is 16.1 Å². The van der Waals surface area contributed by atoms with E-state index < -0.39 is 5.91 Å². The molecule has 4 N–H and O–H groups in total. The normalized spacial score (nSPS) is 10.5. The number of aromatic amines is 1. The Morgan fingerprint density at radius 2 is 2.35 bits per heavy atom. The minimum Gasteiger partial charge on any atom is -0.330 e. The molecule has 20 heavy (non-hydrogen) atoms. The molecule has 2 aromatic heterocycles. The molecule has 0 aliphatic carbocycles. The molecule has 0 unspecified atom stereocenters. The third-order valence-electron chi connectivity index (χ3n) is 2.92. The van der Waals surface area contributed by atoms with E-state index in [-0.39, 0.29) is 11.1 Å². The van der Waals surface area contributed by atoms with Gasteiger partial charge in [-0.05, 0) is 37.1 Å². The number of rotatable bonds is 5. The molecular weight excluding hydrogens is 258 g/mol. The predicted molar refractivity (Wildman–Crippen MR) is 75.6 cm³/mol. The lowest BCUT2D eigenvalue weighted by Crippen LogP contribution is -2.23. The van der Waals surface area contributed by atoms with Crippen molar-refractivity contribution in [3.63, 3.8) is 0 Å². The molecule has 2 rings (SSSR count). The SMILES string of the molecule is Cn1[nH]cc(C(=O)Nc2cc(CCCN)ccn2)c1=O. The lowest BCUT2D eigenvalue weighted by atomic mass is 10.1. The van der Waals surface area contributed by atoms with Gasteiger partial charge in [0.1, 0.15) is 11.4 Å². The largest absolute Gasteiger partial charge is 0.330 e. The Labute approximate surface area is 115 Å². The molecule has 0 spiro atoms. The molecule has 7 nitrogen and oxygen atoms in total. The number of nitrogens with one attached hydrogen (secondary N) is 2. The number of nitrogens with zero attached hydrogens (tertiary/aromatic N) is 2. The average Bonchev–Trinajstić information content (AvgIpc) is 2.77. The van der Waals surface area contributed by atoms with Crippen molar-refractivity contribution in [2.75, 3.05) is 11.9 Å². The number of amides is 1. The van der Waals surface area contributed by atoms with Crippen molar-refractivity contribution in [2.24, 2.45) is 12.8 Å². The Morgan fingerprint density at radius 1 is 1.55 bits per heavy atom. The van der Waals surface area contributed by atoms with Gasteiger partial charge in [0.15, 0.2) is 0 Å². The van der Waals surface area contributed by atoms with Gasteiger partial charge in [-0.1, -0.05) is 0 Å². The Hall–Kier alpha value is -2.41. The molecule has 0 atom stereocenters. The van der Waals surface area contributed by atoms with Crippen LogP contribution in [0.15, 0.2) is 29.3 Å². The highest BCUT2D eigenvalue weighted by Crippen LogP contribution is 2.09.